The zero-order chi connectivity index (χ0) is 10.2. The fourth-order valence-corrected chi connectivity index (χ4v) is 1.38. The van der Waals surface area contributed by atoms with E-state index in [0.717, 1.165) is 21.7 Å². The molecule has 13 heavy (non-hydrogen) atoms. The van der Waals surface area contributed by atoms with E-state index < -0.39 is 0 Å². The van der Waals surface area contributed by atoms with Crippen molar-refractivity contribution in [2.45, 2.75) is 40.0 Å². The highest BCUT2D eigenvalue weighted by atomic mass is 79.9. The van der Waals surface area contributed by atoms with Gasteiger partial charge in [-0.05, 0) is 29.8 Å². The maximum atomic E-state index is 4.46. The van der Waals surface area contributed by atoms with Crippen molar-refractivity contribution >= 4 is 15.9 Å². The first-order valence-electron chi connectivity index (χ1n) is 4.33. The van der Waals surface area contributed by atoms with Gasteiger partial charge in [0, 0.05) is 16.7 Å². The lowest BCUT2D eigenvalue weighted by atomic mass is 9.95. The van der Waals surface area contributed by atoms with Gasteiger partial charge in [-0.1, -0.05) is 20.8 Å². The average Bonchev–Trinajstić information content (AvgIpc) is 1.97. The number of aryl methyl sites for hydroxylation is 1. The Morgan fingerprint density at radius 2 is 1.62 bits per heavy atom. The third-order valence-electron chi connectivity index (χ3n) is 2.00. The van der Waals surface area contributed by atoms with E-state index in [0.29, 0.717) is 0 Å². The van der Waals surface area contributed by atoms with Gasteiger partial charge < -0.3 is 0 Å². The summed E-state index contributed by atoms with van der Waals surface area (Å²) in [6, 6.07) is 0. The van der Waals surface area contributed by atoms with Gasteiger partial charge in [0.1, 0.15) is 10.4 Å². The minimum atomic E-state index is 0.0149. The smallest absolute Gasteiger partial charge is 0.135 e. The van der Waals surface area contributed by atoms with Crippen LogP contribution in [0.25, 0.3) is 0 Å². The van der Waals surface area contributed by atoms with Crippen LogP contribution >= 0.6 is 15.9 Å². The molecule has 0 aliphatic rings. The minimum Gasteiger partial charge on any atom is -0.237 e. The Bertz CT molecular complexity index is 303. The van der Waals surface area contributed by atoms with Crippen LogP contribution in [0.4, 0.5) is 0 Å². The number of hydrogen-bond donors (Lipinski definition) is 0. The van der Waals surface area contributed by atoms with Gasteiger partial charge in [-0.25, -0.2) is 9.97 Å². The van der Waals surface area contributed by atoms with Gasteiger partial charge in [0.25, 0.3) is 0 Å². The standard InChI is InChI=1S/C10H15BrN2/c1-6-7(2)12-9(10(3,4)5)13-8(6)11/h1-5H3. The van der Waals surface area contributed by atoms with Gasteiger partial charge in [-0.15, -0.1) is 0 Å². The monoisotopic (exact) mass is 242 g/mol. The number of aromatic nitrogens is 2. The van der Waals surface area contributed by atoms with E-state index in [2.05, 4.69) is 46.7 Å². The van der Waals surface area contributed by atoms with Crippen LogP contribution in [0.3, 0.4) is 0 Å². The van der Waals surface area contributed by atoms with Crippen molar-refractivity contribution in [1.29, 1.82) is 0 Å². The third-order valence-corrected chi connectivity index (χ3v) is 2.77. The Hall–Kier alpha value is -0.440. The zero-order valence-electron chi connectivity index (χ0n) is 8.77. The van der Waals surface area contributed by atoms with E-state index in [4.69, 9.17) is 0 Å². The van der Waals surface area contributed by atoms with Crippen molar-refractivity contribution in [1.82, 2.24) is 9.97 Å². The van der Waals surface area contributed by atoms with Crippen LogP contribution in [0.2, 0.25) is 0 Å². The molecule has 0 aliphatic heterocycles. The predicted octanol–water partition coefficient (Wildman–Crippen LogP) is 3.15. The lowest BCUT2D eigenvalue weighted by molar-refractivity contribution is 0.540. The zero-order valence-corrected chi connectivity index (χ0v) is 10.4. The molecule has 0 atom stereocenters. The van der Waals surface area contributed by atoms with Crippen molar-refractivity contribution in [2.24, 2.45) is 0 Å². The van der Waals surface area contributed by atoms with E-state index in [1.807, 2.05) is 13.8 Å². The van der Waals surface area contributed by atoms with Crippen LogP contribution in [-0.2, 0) is 5.41 Å². The predicted molar refractivity (Wildman–Crippen MR) is 57.9 cm³/mol. The second-order valence-electron chi connectivity index (χ2n) is 4.30. The van der Waals surface area contributed by atoms with Crippen LogP contribution in [0.5, 0.6) is 0 Å². The number of hydrogen-bond acceptors (Lipinski definition) is 2. The van der Waals surface area contributed by atoms with Gasteiger partial charge >= 0.3 is 0 Å². The summed E-state index contributed by atoms with van der Waals surface area (Å²) in [7, 11) is 0. The molecule has 1 aromatic heterocycles. The topological polar surface area (TPSA) is 25.8 Å². The van der Waals surface area contributed by atoms with E-state index >= 15 is 0 Å². The lowest BCUT2D eigenvalue weighted by Crippen LogP contribution is -2.17. The van der Waals surface area contributed by atoms with Crippen molar-refractivity contribution in [3.8, 4) is 0 Å². The molecule has 1 heterocycles. The summed E-state index contributed by atoms with van der Waals surface area (Å²) < 4.78 is 0.907. The quantitative estimate of drug-likeness (QED) is 0.654. The van der Waals surface area contributed by atoms with Crippen LogP contribution in [0.1, 0.15) is 37.9 Å². The molecule has 0 saturated heterocycles. The SMILES string of the molecule is Cc1nc(C(C)(C)C)nc(Br)c1C. The molecule has 72 valence electrons. The van der Waals surface area contributed by atoms with E-state index in [1.54, 1.807) is 0 Å². The maximum Gasteiger partial charge on any atom is 0.135 e. The molecule has 2 nitrogen and oxygen atoms in total. The van der Waals surface area contributed by atoms with Crippen LogP contribution < -0.4 is 0 Å². The van der Waals surface area contributed by atoms with E-state index in [-0.39, 0.29) is 5.41 Å². The minimum absolute atomic E-state index is 0.0149. The highest BCUT2D eigenvalue weighted by molar-refractivity contribution is 9.10. The first-order valence-corrected chi connectivity index (χ1v) is 5.13. The molecule has 0 spiro atoms. The van der Waals surface area contributed by atoms with Crippen molar-refractivity contribution in [3.63, 3.8) is 0 Å². The average molecular weight is 243 g/mol. The summed E-state index contributed by atoms with van der Waals surface area (Å²) in [4.78, 5) is 8.87. The van der Waals surface area contributed by atoms with Gasteiger partial charge in [0.05, 0.1) is 0 Å². The summed E-state index contributed by atoms with van der Waals surface area (Å²) >= 11 is 3.44. The van der Waals surface area contributed by atoms with E-state index in [1.165, 1.54) is 0 Å². The highest BCUT2D eigenvalue weighted by Crippen LogP contribution is 2.23. The van der Waals surface area contributed by atoms with Crippen molar-refractivity contribution in [2.75, 3.05) is 0 Å². The first-order chi connectivity index (χ1) is 5.82. The number of halogens is 1. The van der Waals surface area contributed by atoms with Gasteiger partial charge in [0.2, 0.25) is 0 Å². The molecule has 0 saturated carbocycles. The maximum absolute atomic E-state index is 4.46. The largest absolute Gasteiger partial charge is 0.237 e. The third kappa shape index (κ3) is 2.27. The van der Waals surface area contributed by atoms with Gasteiger partial charge in [0.15, 0.2) is 0 Å². The lowest BCUT2D eigenvalue weighted by Gasteiger charge is -2.17. The summed E-state index contributed by atoms with van der Waals surface area (Å²) in [5.74, 6) is 0.891. The van der Waals surface area contributed by atoms with Crippen LogP contribution in [-0.4, -0.2) is 9.97 Å². The van der Waals surface area contributed by atoms with Crippen molar-refractivity contribution in [3.05, 3.63) is 21.7 Å². The molecule has 1 rings (SSSR count). The summed E-state index contributed by atoms with van der Waals surface area (Å²) in [5.41, 5.74) is 2.18. The molecule has 0 radical (unpaired) electrons. The molecule has 0 fully saturated rings. The van der Waals surface area contributed by atoms with Crippen LogP contribution in [0.15, 0.2) is 4.60 Å². The summed E-state index contributed by atoms with van der Waals surface area (Å²) in [5, 5.41) is 0. The second kappa shape index (κ2) is 3.37. The van der Waals surface area contributed by atoms with Gasteiger partial charge in [-0.3, -0.25) is 0 Å². The molecule has 1 aromatic rings. The molecule has 0 bridgehead atoms. The Morgan fingerprint density at radius 1 is 1.08 bits per heavy atom. The summed E-state index contributed by atoms with van der Waals surface area (Å²) in [6.45, 7) is 10.4. The second-order valence-corrected chi connectivity index (χ2v) is 5.05. The highest BCUT2D eigenvalue weighted by Gasteiger charge is 2.18. The Labute approximate surface area is 87.9 Å². The molecule has 0 aromatic carbocycles. The molecule has 0 amide bonds. The Morgan fingerprint density at radius 3 is 2.00 bits per heavy atom. The summed E-state index contributed by atoms with van der Waals surface area (Å²) in [6.07, 6.45) is 0. The van der Waals surface area contributed by atoms with Crippen LogP contribution in [0, 0.1) is 13.8 Å². The van der Waals surface area contributed by atoms with E-state index in [9.17, 15) is 0 Å². The normalized spacial score (nSPS) is 11.8. The molecule has 0 unspecified atom stereocenters. The number of nitrogens with zero attached hydrogens (tertiary/aromatic N) is 2. The number of rotatable bonds is 0. The molecule has 0 aliphatic carbocycles. The van der Waals surface area contributed by atoms with Crippen molar-refractivity contribution < 1.29 is 0 Å². The fraction of sp³-hybridized carbons (Fsp3) is 0.600. The van der Waals surface area contributed by atoms with Gasteiger partial charge in [-0.2, -0.15) is 0 Å². The molecule has 0 N–H and O–H groups in total. The molecule has 3 heteroatoms. The Balaban J connectivity index is 3.29. The molecular formula is C10H15BrN2. The Kier molecular flexibility index (Phi) is 2.76. The molecular weight excluding hydrogens is 228 g/mol. The fourth-order valence-electron chi connectivity index (χ4n) is 0.929. The first kappa shape index (κ1) is 10.6.